The molecule has 2 heterocycles. The molecule has 1 aromatic heterocycles. The van der Waals surface area contributed by atoms with Gasteiger partial charge in [-0.1, -0.05) is 6.08 Å². The van der Waals surface area contributed by atoms with Gasteiger partial charge in [0, 0.05) is 24.5 Å². The van der Waals surface area contributed by atoms with Gasteiger partial charge in [0.2, 0.25) is 0 Å². The van der Waals surface area contributed by atoms with Crippen molar-refractivity contribution in [2.45, 2.75) is 6.42 Å². The van der Waals surface area contributed by atoms with E-state index in [2.05, 4.69) is 9.97 Å². The van der Waals surface area contributed by atoms with Gasteiger partial charge in [0.1, 0.15) is 0 Å². The number of amides is 2. The minimum absolute atomic E-state index is 0.268. The summed E-state index contributed by atoms with van der Waals surface area (Å²) in [6.07, 6.45) is 7.08. The summed E-state index contributed by atoms with van der Waals surface area (Å²) >= 11 is 0. The number of nitrogens with zero attached hydrogens (tertiary/aromatic N) is 3. The maximum absolute atomic E-state index is 12.3. The predicted octanol–water partition coefficient (Wildman–Crippen LogP) is 1.56. The van der Waals surface area contributed by atoms with Crippen LogP contribution in [0.3, 0.4) is 0 Å². The van der Waals surface area contributed by atoms with Crippen LogP contribution >= 0.6 is 0 Å². The number of carbonyl (C=O) groups is 2. The standard InChI is InChI=1S/C14H11N3O2/c18-13-3-1-2-8-17(13)14(19)10-4-5-11-12(9-10)16-7-6-15-11/h1,3-7,9H,2,8H2. The Bertz CT molecular complexity index is 694. The second-order valence-electron chi connectivity index (χ2n) is 4.25. The van der Waals surface area contributed by atoms with Crippen LogP contribution < -0.4 is 0 Å². The fraction of sp³-hybridized carbons (Fsp3) is 0.143. The van der Waals surface area contributed by atoms with Gasteiger partial charge in [-0.2, -0.15) is 0 Å². The van der Waals surface area contributed by atoms with E-state index in [9.17, 15) is 9.59 Å². The van der Waals surface area contributed by atoms with E-state index in [1.807, 2.05) is 0 Å². The second kappa shape index (κ2) is 4.61. The van der Waals surface area contributed by atoms with Crippen LogP contribution in [0.25, 0.3) is 11.0 Å². The minimum Gasteiger partial charge on any atom is -0.275 e. The molecule has 1 aliphatic heterocycles. The Balaban J connectivity index is 1.97. The fourth-order valence-electron chi connectivity index (χ4n) is 2.04. The highest BCUT2D eigenvalue weighted by Crippen LogP contribution is 2.14. The average molecular weight is 253 g/mol. The van der Waals surface area contributed by atoms with Crippen LogP contribution in [0.2, 0.25) is 0 Å². The number of imide groups is 1. The van der Waals surface area contributed by atoms with Crippen molar-refractivity contribution >= 4 is 22.8 Å². The predicted molar refractivity (Wildman–Crippen MR) is 69.3 cm³/mol. The Morgan fingerprint density at radius 2 is 1.95 bits per heavy atom. The van der Waals surface area contributed by atoms with Gasteiger partial charge in [-0.3, -0.25) is 24.5 Å². The molecule has 3 rings (SSSR count). The first-order valence-electron chi connectivity index (χ1n) is 5.99. The summed E-state index contributed by atoms with van der Waals surface area (Å²) < 4.78 is 0. The van der Waals surface area contributed by atoms with Crippen molar-refractivity contribution in [3.05, 3.63) is 48.3 Å². The molecule has 0 saturated carbocycles. The van der Waals surface area contributed by atoms with Crippen LogP contribution in [0.1, 0.15) is 16.8 Å². The lowest BCUT2D eigenvalue weighted by Crippen LogP contribution is -2.38. The fourth-order valence-corrected chi connectivity index (χ4v) is 2.04. The molecule has 1 aromatic carbocycles. The molecule has 2 amide bonds. The van der Waals surface area contributed by atoms with Gasteiger partial charge in [-0.15, -0.1) is 0 Å². The monoisotopic (exact) mass is 253 g/mol. The zero-order valence-electron chi connectivity index (χ0n) is 10.1. The van der Waals surface area contributed by atoms with Crippen molar-refractivity contribution in [2.75, 3.05) is 6.54 Å². The topological polar surface area (TPSA) is 63.2 Å². The highest BCUT2D eigenvalue weighted by molar-refractivity contribution is 6.09. The molecule has 2 aromatic rings. The van der Waals surface area contributed by atoms with Crippen molar-refractivity contribution in [3.8, 4) is 0 Å². The van der Waals surface area contributed by atoms with Crippen LogP contribution in [0.5, 0.6) is 0 Å². The van der Waals surface area contributed by atoms with E-state index in [0.29, 0.717) is 24.0 Å². The smallest absolute Gasteiger partial charge is 0.260 e. The van der Waals surface area contributed by atoms with E-state index < -0.39 is 0 Å². The molecule has 0 fully saturated rings. The molecule has 0 atom stereocenters. The molecule has 5 nitrogen and oxygen atoms in total. The quantitative estimate of drug-likeness (QED) is 0.723. The van der Waals surface area contributed by atoms with Crippen molar-refractivity contribution in [1.29, 1.82) is 0 Å². The molecule has 94 valence electrons. The largest absolute Gasteiger partial charge is 0.275 e. The van der Waals surface area contributed by atoms with Gasteiger partial charge in [-0.25, -0.2) is 0 Å². The molecule has 0 saturated heterocycles. The molecule has 0 N–H and O–H groups in total. The maximum atomic E-state index is 12.3. The van der Waals surface area contributed by atoms with E-state index >= 15 is 0 Å². The van der Waals surface area contributed by atoms with E-state index in [-0.39, 0.29) is 11.8 Å². The van der Waals surface area contributed by atoms with Crippen molar-refractivity contribution in [2.24, 2.45) is 0 Å². The van der Waals surface area contributed by atoms with Crippen molar-refractivity contribution < 1.29 is 9.59 Å². The number of aromatic nitrogens is 2. The summed E-state index contributed by atoms with van der Waals surface area (Å²) in [5, 5.41) is 0. The molecule has 5 heteroatoms. The Kier molecular flexibility index (Phi) is 2.79. The van der Waals surface area contributed by atoms with E-state index in [0.717, 1.165) is 5.52 Å². The van der Waals surface area contributed by atoms with Crippen molar-refractivity contribution in [3.63, 3.8) is 0 Å². The summed E-state index contributed by atoms with van der Waals surface area (Å²) in [5.41, 5.74) is 1.83. The summed E-state index contributed by atoms with van der Waals surface area (Å²) in [6, 6.07) is 5.07. The van der Waals surface area contributed by atoms with E-state index in [1.165, 1.54) is 11.0 Å². The van der Waals surface area contributed by atoms with Crippen LogP contribution in [-0.2, 0) is 4.79 Å². The molecule has 0 radical (unpaired) electrons. The first-order chi connectivity index (χ1) is 9.25. The lowest BCUT2D eigenvalue weighted by Gasteiger charge is -2.21. The number of fused-ring (bicyclic) bond motifs is 1. The van der Waals surface area contributed by atoms with Crippen LogP contribution in [0, 0.1) is 0 Å². The van der Waals surface area contributed by atoms with Crippen LogP contribution in [-0.4, -0.2) is 33.2 Å². The normalized spacial score (nSPS) is 14.9. The lowest BCUT2D eigenvalue weighted by molar-refractivity contribution is -0.124. The van der Waals surface area contributed by atoms with Gasteiger partial charge >= 0.3 is 0 Å². The van der Waals surface area contributed by atoms with E-state index in [4.69, 9.17) is 0 Å². The molecule has 0 aliphatic carbocycles. The number of hydrogen-bond acceptors (Lipinski definition) is 4. The summed E-state index contributed by atoms with van der Waals surface area (Å²) in [7, 11) is 0. The highest BCUT2D eigenvalue weighted by atomic mass is 16.2. The van der Waals surface area contributed by atoms with E-state index in [1.54, 1.807) is 36.7 Å². The first kappa shape index (κ1) is 11.5. The SMILES string of the molecule is O=C1C=CCCN1C(=O)c1ccc2nccnc2c1. The minimum atomic E-state index is -0.290. The zero-order valence-corrected chi connectivity index (χ0v) is 10.1. The Morgan fingerprint density at radius 3 is 2.74 bits per heavy atom. The average Bonchev–Trinajstić information content (AvgIpc) is 2.46. The molecule has 1 aliphatic rings. The molecule has 19 heavy (non-hydrogen) atoms. The molecular weight excluding hydrogens is 242 g/mol. The number of hydrogen-bond donors (Lipinski definition) is 0. The lowest BCUT2D eigenvalue weighted by atomic mass is 10.1. The molecule has 0 bridgehead atoms. The number of carbonyl (C=O) groups excluding carboxylic acids is 2. The highest BCUT2D eigenvalue weighted by Gasteiger charge is 2.22. The maximum Gasteiger partial charge on any atom is 0.260 e. The van der Waals surface area contributed by atoms with Crippen LogP contribution in [0.4, 0.5) is 0 Å². The first-order valence-corrected chi connectivity index (χ1v) is 5.99. The third kappa shape index (κ3) is 2.10. The molecular formula is C14H11N3O2. The third-order valence-corrected chi connectivity index (χ3v) is 3.01. The van der Waals surface area contributed by atoms with Gasteiger partial charge in [0.15, 0.2) is 0 Å². The van der Waals surface area contributed by atoms with Gasteiger partial charge in [0.05, 0.1) is 11.0 Å². The Morgan fingerprint density at radius 1 is 1.16 bits per heavy atom. The van der Waals surface area contributed by atoms with Gasteiger partial charge in [-0.05, 0) is 30.7 Å². The third-order valence-electron chi connectivity index (χ3n) is 3.01. The number of benzene rings is 1. The summed E-state index contributed by atoms with van der Waals surface area (Å²) in [6.45, 7) is 0.423. The number of rotatable bonds is 1. The second-order valence-corrected chi connectivity index (χ2v) is 4.25. The molecule has 0 unspecified atom stereocenters. The molecule has 0 spiro atoms. The van der Waals surface area contributed by atoms with Crippen molar-refractivity contribution in [1.82, 2.24) is 14.9 Å². The summed E-state index contributed by atoms with van der Waals surface area (Å²) in [5.74, 6) is -0.558. The Hall–Kier alpha value is -2.56. The van der Waals surface area contributed by atoms with Crippen LogP contribution in [0.15, 0.2) is 42.7 Å². The zero-order chi connectivity index (χ0) is 13.2. The van der Waals surface area contributed by atoms with Gasteiger partial charge in [0.25, 0.3) is 11.8 Å². The summed E-state index contributed by atoms with van der Waals surface area (Å²) in [4.78, 5) is 33.5. The Labute approximate surface area is 109 Å². The van der Waals surface area contributed by atoms with Gasteiger partial charge < -0.3 is 0 Å².